The first-order valence-corrected chi connectivity index (χ1v) is 10.5. The fourth-order valence-corrected chi connectivity index (χ4v) is 3.80. The average molecular weight is 455 g/mol. The number of hydrogen-bond donors (Lipinski definition) is 1. The summed E-state index contributed by atoms with van der Waals surface area (Å²) < 4.78 is 8.05. The highest BCUT2D eigenvalue weighted by molar-refractivity contribution is 6.38. The van der Waals surface area contributed by atoms with Gasteiger partial charge in [-0.25, -0.2) is 9.97 Å². The van der Waals surface area contributed by atoms with E-state index in [1.54, 1.807) is 31.6 Å². The lowest BCUT2D eigenvalue weighted by atomic mass is 10.1. The zero-order chi connectivity index (χ0) is 22.0. The molecule has 0 unspecified atom stereocenters. The van der Waals surface area contributed by atoms with E-state index in [2.05, 4.69) is 15.3 Å². The first-order chi connectivity index (χ1) is 15.0. The third-order valence-corrected chi connectivity index (χ3v) is 5.63. The number of aromatic nitrogens is 3. The highest BCUT2D eigenvalue weighted by Crippen LogP contribution is 2.34. The fraction of sp³-hybridized carbons (Fsp3) is 0.174. The molecule has 8 heteroatoms. The van der Waals surface area contributed by atoms with Crippen LogP contribution in [0.4, 0.5) is 5.69 Å². The zero-order valence-electron chi connectivity index (χ0n) is 17.0. The second-order valence-electron chi connectivity index (χ2n) is 6.98. The minimum Gasteiger partial charge on any atom is -0.487 e. The number of benzene rings is 2. The molecule has 0 aliphatic rings. The van der Waals surface area contributed by atoms with Crippen molar-refractivity contribution in [2.75, 3.05) is 5.32 Å². The van der Waals surface area contributed by atoms with Crippen molar-refractivity contribution >= 4 is 45.7 Å². The quantitative estimate of drug-likeness (QED) is 0.389. The van der Waals surface area contributed by atoms with Crippen LogP contribution in [0.1, 0.15) is 24.6 Å². The number of nitrogens with zero attached hydrogens (tertiary/aromatic N) is 3. The Morgan fingerprint density at radius 1 is 1.23 bits per heavy atom. The standard InChI is InChI=1S/C23H20Cl2N4O2/c1-3-21(30)28-18-8-7-17(24)16(22(18)25)12-31-20-6-4-5-15-19(29-10-9-26-13-29)11-14(2)27-23(15)20/h4-11,13H,3,12H2,1-2H3,(H,28,30). The molecule has 0 fully saturated rings. The van der Waals surface area contributed by atoms with Gasteiger partial charge in [0.05, 0.1) is 22.7 Å². The van der Waals surface area contributed by atoms with Gasteiger partial charge in [-0.2, -0.15) is 0 Å². The lowest BCUT2D eigenvalue weighted by Crippen LogP contribution is -2.11. The van der Waals surface area contributed by atoms with Crippen LogP contribution >= 0.6 is 23.2 Å². The molecular weight excluding hydrogens is 435 g/mol. The van der Waals surface area contributed by atoms with E-state index in [1.165, 1.54) is 0 Å². The number of aryl methyl sites for hydroxylation is 1. The summed E-state index contributed by atoms with van der Waals surface area (Å²) >= 11 is 12.9. The molecule has 0 aliphatic carbocycles. The average Bonchev–Trinajstić information content (AvgIpc) is 3.30. The van der Waals surface area contributed by atoms with Crippen molar-refractivity contribution in [1.29, 1.82) is 0 Å². The van der Waals surface area contributed by atoms with E-state index >= 15 is 0 Å². The first-order valence-electron chi connectivity index (χ1n) is 9.76. The maximum atomic E-state index is 11.8. The van der Waals surface area contributed by atoms with Crippen LogP contribution in [0, 0.1) is 6.92 Å². The summed E-state index contributed by atoms with van der Waals surface area (Å²) in [5.74, 6) is 0.481. The summed E-state index contributed by atoms with van der Waals surface area (Å²) in [6, 6.07) is 11.1. The van der Waals surface area contributed by atoms with E-state index in [0.29, 0.717) is 33.5 Å². The minimum atomic E-state index is -0.128. The first kappa shape index (κ1) is 21.2. The van der Waals surface area contributed by atoms with Gasteiger partial charge in [0.1, 0.15) is 17.9 Å². The molecular formula is C23H20Cl2N4O2. The summed E-state index contributed by atoms with van der Waals surface area (Å²) in [5.41, 5.74) is 3.65. The molecule has 2 aromatic heterocycles. The molecule has 1 amide bonds. The number of pyridine rings is 1. The Bertz CT molecular complexity index is 1260. The van der Waals surface area contributed by atoms with E-state index in [9.17, 15) is 4.79 Å². The molecule has 4 aromatic rings. The molecule has 2 aromatic carbocycles. The Hall–Kier alpha value is -3.09. The van der Waals surface area contributed by atoms with E-state index in [1.807, 2.05) is 42.0 Å². The predicted molar refractivity (Wildman–Crippen MR) is 123 cm³/mol. The molecule has 0 saturated carbocycles. The van der Waals surface area contributed by atoms with Crippen molar-refractivity contribution in [3.63, 3.8) is 0 Å². The van der Waals surface area contributed by atoms with Gasteiger partial charge in [0.2, 0.25) is 5.91 Å². The summed E-state index contributed by atoms with van der Waals surface area (Å²) in [6.45, 7) is 3.84. The molecule has 0 radical (unpaired) electrons. The van der Waals surface area contributed by atoms with Crippen LogP contribution < -0.4 is 10.1 Å². The normalized spacial score (nSPS) is 11.0. The van der Waals surface area contributed by atoms with E-state index < -0.39 is 0 Å². The van der Waals surface area contributed by atoms with Crippen LogP contribution in [0.2, 0.25) is 10.0 Å². The summed E-state index contributed by atoms with van der Waals surface area (Å²) in [6.07, 6.45) is 5.72. The number of rotatable bonds is 6. The number of carbonyl (C=O) groups is 1. The molecule has 0 bridgehead atoms. The number of amides is 1. The smallest absolute Gasteiger partial charge is 0.224 e. The molecule has 1 N–H and O–H groups in total. The summed E-state index contributed by atoms with van der Waals surface area (Å²) in [7, 11) is 0. The van der Waals surface area contributed by atoms with Gasteiger partial charge < -0.3 is 14.6 Å². The van der Waals surface area contributed by atoms with Crippen LogP contribution in [0.25, 0.3) is 16.6 Å². The molecule has 0 atom stereocenters. The summed E-state index contributed by atoms with van der Waals surface area (Å²) in [5, 5.41) is 4.53. The van der Waals surface area contributed by atoms with E-state index in [0.717, 1.165) is 22.3 Å². The Morgan fingerprint density at radius 3 is 2.81 bits per heavy atom. The van der Waals surface area contributed by atoms with E-state index in [-0.39, 0.29) is 12.5 Å². The van der Waals surface area contributed by atoms with Crippen molar-refractivity contribution in [3.05, 3.63) is 76.4 Å². The van der Waals surface area contributed by atoms with E-state index in [4.69, 9.17) is 27.9 Å². The lowest BCUT2D eigenvalue weighted by molar-refractivity contribution is -0.115. The molecule has 6 nitrogen and oxygen atoms in total. The van der Waals surface area contributed by atoms with Crippen molar-refractivity contribution in [1.82, 2.24) is 14.5 Å². The van der Waals surface area contributed by atoms with Crippen LogP contribution in [-0.4, -0.2) is 20.4 Å². The minimum absolute atomic E-state index is 0.128. The number of ether oxygens (including phenoxy) is 1. The molecule has 0 aliphatic heterocycles. The molecule has 0 saturated heterocycles. The number of nitrogens with one attached hydrogen (secondary N) is 1. The van der Waals surface area contributed by atoms with Gasteiger partial charge in [0.25, 0.3) is 0 Å². The zero-order valence-corrected chi connectivity index (χ0v) is 18.5. The second-order valence-corrected chi connectivity index (χ2v) is 7.77. The number of halogens is 2. The molecule has 0 spiro atoms. The predicted octanol–water partition coefficient (Wildman–Crippen LogP) is 5.96. The molecule has 4 rings (SSSR count). The van der Waals surface area contributed by atoms with Gasteiger partial charge in [-0.1, -0.05) is 42.3 Å². The largest absolute Gasteiger partial charge is 0.487 e. The maximum Gasteiger partial charge on any atom is 0.224 e. The lowest BCUT2D eigenvalue weighted by Gasteiger charge is -2.15. The van der Waals surface area contributed by atoms with Crippen LogP contribution in [0.5, 0.6) is 5.75 Å². The monoisotopic (exact) mass is 454 g/mol. The van der Waals surface area contributed by atoms with Crippen LogP contribution in [-0.2, 0) is 11.4 Å². The third kappa shape index (κ3) is 4.36. The van der Waals surface area contributed by atoms with Crippen LogP contribution in [0.15, 0.2) is 55.1 Å². The summed E-state index contributed by atoms with van der Waals surface area (Å²) in [4.78, 5) is 20.6. The van der Waals surface area contributed by atoms with Gasteiger partial charge in [-0.3, -0.25) is 4.79 Å². The van der Waals surface area contributed by atoms with Crippen LogP contribution in [0.3, 0.4) is 0 Å². The van der Waals surface area contributed by atoms with Gasteiger partial charge in [0, 0.05) is 40.5 Å². The van der Waals surface area contributed by atoms with Crippen molar-refractivity contribution in [2.24, 2.45) is 0 Å². The topological polar surface area (TPSA) is 69.0 Å². The Morgan fingerprint density at radius 2 is 2.06 bits per heavy atom. The van der Waals surface area contributed by atoms with Gasteiger partial charge in [0.15, 0.2) is 0 Å². The Labute approximate surface area is 189 Å². The van der Waals surface area contributed by atoms with Gasteiger partial charge in [-0.05, 0) is 31.2 Å². The van der Waals surface area contributed by atoms with Gasteiger partial charge in [-0.15, -0.1) is 0 Å². The number of anilines is 1. The highest BCUT2D eigenvalue weighted by atomic mass is 35.5. The molecule has 2 heterocycles. The van der Waals surface area contributed by atoms with Crippen molar-refractivity contribution in [2.45, 2.75) is 26.9 Å². The van der Waals surface area contributed by atoms with Gasteiger partial charge >= 0.3 is 0 Å². The Kier molecular flexibility index (Phi) is 6.11. The molecule has 158 valence electrons. The van der Waals surface area contributed by atoms with Crippen molar-refractivity contribution < 1.29 is 9.53 Å². The maximum absolute atomic E-state index is 11.8. The molecule has 31 heavy (non-hydrogen) atoms. The number of imidazole rings is 1. The SMILES string of the molecule is CCC(=O)Nc1ccc(Cl)c(COc2cccc3c(-n4ccnc4)cc(C)nc23)c1Cl. The number of hydrogen-bond acceptors (Lipinski definition) is 4. The highest BCUT2D eigenvalue weighted by Gasteiger charge is 2.15. The van der Waals surface area contributed by atoms with Crippen molar-refractivity contribution in [3.8, 4) is 11.4 Å². The third-order valence-electron chi connectivity index (χ3n) is 4.84. The second kappa shape index (κ2) is 8.96. The number of fused-ring (bicyclic) bond motifs is 1. The number of carbonyl (C=O) groups excluding carboxylic acids is 1. The fourth-order valence-electron chi connectivity index (χ4n) is 3.28. The number of para-hydroxylation sites is 1. The Balaban J connectivity index is 1.69.